The molecule has 2 aromatic carbocycles. The maximum atomic E-state index is 12.0. The lowest BCUT2D eigenvalue weighted by molar-refractivity contribution is -0.275. The Morgan fingerprint density at radius 3 is 1.49 bits per heavy atom. The minimum Gasteiger partial charge on any atom is -0.406 e. The van der Waals surface area contributed by atoms with Crippen molar-refractivity contribution >= 4 is 17.4 Å². The fraction of sp³-hybridized carbons (Fsp3) is 0.0870. The topological polar surface area (TPSA) is 74.4 Å². The lowest BCUT2D eigenvalue weighted by Gasteiger charge is -2.09. The summed E-state index contributed by atoms with van der Waals surface area (Å²) >= 11 is 5.69. The Morgan fingerprint density at radius 2 is 1.08 bits per heavy atom. The van der Waals surface area contributed by atoms with Crippen LogP contribution in [0.1, 0.15) is 0 Å². The smallest absolute Gasteiger partial charge is 0.406 e. The quantitative estimate of drug-likeness (QED) is 0.154. The normalized spacial score (nSPS) is 11.1. The van der Waals surface area contributed by atoms with Gasteiger partial charge in [-0.3, -0.25) is 0 Å². The van der Waals surface area contributed by atoms with Crippen LogP contribution in [0.25, 0.3) is 27.4 Å². The summed E-state index contributed by atoms with van der Waals surface area (Å²) in [6, 6.07) is 13.5. The Hall–Kier alpha value is -4.44. The van der Waals surface area contributed by atoms with E-state index >= 15 is 0 Å². The predicted octanol–water partition coefficient (Wildman–Crippen LogP) is 7.29. The lowest BCUT2D eigenvalue weighted by atomic mass is 10.1. The van der Waals surface area contributed by atoms with Crippen molar-refractivity contribution in [3.05, 3.63) is 89.9 Å². The van der Waals surface area contributed by atoms with Crippen LogP contribution in [-0.2, 0) is 0 Å². The van der Waals surface area contributed by atoms with E-state index in [1.54, 1.807) is 0 Å². The third kappa shape index (κ3) is 8.93. The molecule has 0 radical (unpaired) electrons. The molecule has 190 valence electrons. The monoisotopic (exact) mass is 539 g/mol. The molecule has 0 amide bonds. The van der Waals surface area contributed by atoms with Gasteiger partial charge in [-0.25, -0.2) is 15.0 Å². The third-order valence-corrected chi connectivity index (χ3v) is 4.37. The molecule has 0 unspecified atom stereocenters. The second-order valence-electron chi connectivity index (χ2n) is 6.74. The minimum absolute atomic E-state index is 0.167. The predicted molar refractivity (Wildman–Crippen MR) is 120 cm³/mol. The van der Waals surface area contributed by atoms with Crippen LogP contribution in [0.5, 0.6) is 11.5 Å². The summed E-state index contributed by atoms with van der Waals surface area (Å²) < 4.78 is 79.3. The number of nitrogens with zero attached hydrogens (tertiary/aromatic N) is 5. The van der Waals surface area contributed by atoms with Gasteiger partial charge in [-0.2, -0.15) is 0 Å². The van der Waals surface area contributed by atoms with Gasteiger partial charge in [0.2, 0.25) is 6.33 Å². The molecule has 0 bridgehead atoms. The lowest BCUT2D eigenvalue weighted by Crippen LogP contribution is -2.16. The number of aromatic nitrogens is 4. The van der Waals surface area contributed by atoms with Gasteiger partial charge in [0, 0.05) is 11.6 Å². The number of benzene rings is 2. The second kappa shape index (κ2) is 11.5. The van der Waals surface area contributed by atoms with E-state index in [9.17, 15) is 26.3 Å². The molecular formula is C23H12ClF6N5O2. The molecule has 2 heterocycles. The molecule has 0 N–H and O–H groups in total. The van der Waals surface area contributed by atoms with Gasteiger partial charge < -0.3 is 14.3 Å². The summed E-state index contributed by atoms with van der Waals surface area (Å²) in [4.78, 5) is 18.5. The first-order valence-electron chi connectivity index (χ1n) is 9.81. The van der Waals surface area contributed by atoms with Gasteiger partial charge in [0.05, 0.1) is 11.4 Å². The van der Waals surface area contributed by atoms with Gasteiger partial charge >= 0.3 is 12.7 Å². The molecule has 7 nitrogen and oxygen atoms in total. The van der Waals surface area contributed by atoms with Crippen molar-refractivity contribution in [2.24, 2.45) is 0 Å². The zero-order chi connectivity index (χ0) is 27.1. The van der Waals surface area contributed by atoms with Crippen LogP contribution >= 0.6 is 11.6 Å². The van der Waals surface area contributed by atoms with Crippen LogP contribution < -0.4 is 9.47 Å². The summed E-state index contributed by atoms with van der Waals surface area (Å²) in [5.74, 6) is -0.428. The Balaban J connectivity index is 0.000000206. The van der Waals surface area contributed by atoms with E-state index < -0.39 is 12.7 Å². The van der Waals surface area contributed by atoms with Gasteiger partial charge in [0.25, 0.3) is 5.82 Å². The van der Waals surface area contributed by atoms with Crippen LogP contribution in [0.15, 0.2) is 73.3 Å². The minimum atomic E-state index is -4.71. The summed E-state index contributed by atoms with van der Waals surface area (Å²) in [6.07, 6.45) is -6.91. The van der Waals surface area contributed by atoms with E-state index in [-0.39, 0.29) is 22.5 Å². The Kier molecular flexibility index (Phi) is 8.46. The number of hydrogen-bond donors (Lipinski definition) is 0. The average Bonchev–Trinajstić information content (AvgIpc) is 2.83. The Labute approximate surface area is 210 Å². The second-order valence-corrected chi connectivity index (χ2v) is 7.13. The fourth-order valence-electron chi connectivity index (χ4n) is 2.71. The van der Waals surface area contributed by atoms with Crippen molar-refractivity contribution in [1.29, 1.82) is 0 Å². The van der Waals surface area contributed by atoms with Gasteiger partial charge in [-0.1, -0.05) is 18.2 Å². The molecule has 0 saturated heterocycles. The number of rotatable bonds is 4. The molecule has 0 spiro atoms. The Bertz CT molecular complexity index is 1370. The molecule has 0 saturated carbocycles. The van der Waals surface area contributed by atoms with Crippen molar-refractivity contribution in [2.75, 3.05) is 0 Å². The van der Waals surface area contributed by atoms with Crippen LogP contribution in [0.3, 0.4) is 0 Å². The van der Waals surface area contributed by atoms with Gasteiger partial charge in [-0.15, -0.1) is 31.3 Å². The van der Waals surface area contributed by atoms with Gasteiger partial charge in [0.15, 0.2) is 0 Å². The fourth-order valence-corrected chi connectivity index (χ4v) is 2.86. The van der Waals surface area contributed by atoms with Crippen LogP contribution in [0.2, 0.25) is 5.15 Å². The summed E-state index contributed by atoms with van der Waals surface area (Å²) in [5, 5.41) is 0.260. The first-order chi connectivity index (χ1) is 17.4. The summed E-state index contributed by atoms with van der Waals surface area (Å²) in [7, 11) is 0. The molecule has 14 heteroatoms. The van der Waals surface area contributed by atoms with E-state index in [0.717, 1.165) is 0 Å². The summed E-state index contributed by atoms with van der Waals surface area (Å²) in [6.45, 7) is 6.83. The highest BCUT2D eigenvalue weighted by atomic mass is 35.5. The molecule has 0 fully saturated rings. The Morgan fingerprint density at radius 1 is 0.649 bits per heavy atom. The van der Waals surface area contributed by atoms with Crippen molar-refractivity contribution in [1.82, 2.24) is 19.9 Å². The number of ether oxygens (including phenoxy) is 2. The zero-order valence-corrected chi connectivity index (χ0v) is 18.9. The van der Waals surface area contributed by atoms with Gasteiger partial charge in [0.1, 0.15) is 23.0 Å². The number of halogens is 7. The third-order valence-electron chi connectivity index (χ3n) is 4.17. The van der Waals surface area contributed by atoms with Crippen LogP contribution in [0, 0.1) is 6.57 Å². The highest BCUT2D eigenvalue weighted by molar-refractivity contribution is 6.29. The molecule has 37 heavy (non-hydrogen) atoms. The van der Waals surface area contributed by atoms with E-state index in [1.807, 2.05) is 0 Å². The first kappa shape index (κ1) is 27.2. The zero-order valence-electron chi connectivity index (χ0n) is 18.1. The van der Waals surface area contributed by atoms with Crippen LogP contribution in [-0.4, -0.2) is 32.7 Å². The molecular weight excluding hydrogens is 528 g/mol. The largest absolute Gasteiger partial charge is 0.573 e. The standard InChI is InChI=1S/C12H6F3N3O.C11H6ClF3N2O/c1-16-11-6-10(17-7-18-11)8-2-4-9(5-3-8)19-12(13,14)15;12-10-5-9(16-6-17-10)7-1-3-8(4-2-7)18-11(13,14)15/h2-7H;1-6H. The highest BCUT2D eigenvalue weighted by Gasteiger charge is 2.31. The highest BCUT2D eigenvalue weighted by Crippen LogP contribution is 2.27. The van der Waals surface area contributed by atoms with Gasteiger partial charge in [-0.05, 0) is 60.2 Å². The van der Waals surface area contributed by atoms with E-state index in [4.69, 9.17) is 18.2 Å². The van der Waals surface area contributed by atoms with Crippen LogP contribution in [0.4, 0.5) is 32.2 Å². The molecule has 4 aromatic rings. The van der Waals surface area contributed by atoms with Crippen molar-refractivity contribution < 1.29 is 35.8 Å². The molecule has 4 rings (SSSR count). The number of hydrogen-bond acceptors (Lipinski definition) is 6. The van der Waals surface area contributed by atoms with E-state index in [2.05, 4.69) is 34.3 Å². The maximum absolute atomic E-state index is 12.0. The molecule has 0 atom stereocenters. The van der Waals surface area contributed by atoms with E-state index in [0.29, 0.717) is 22.5 Å². The first-order valence-corrected chi connectivity index (χ1v) is 10.2. The maximum Gasteiger partial charge on any atom is 0.573 e. The average molecular weight is 540 g/mol. The summed E-state index contributed by atoms with van der Waals surface area (Å²) in [5.41, 5.74) is 2.17. The molecule has 0 aliphatic heterocycles. The molecule has 0 aliphatic carbocycles. The molecule has 0 aliphatic rings. The number of alkyl halides is 6. The SMILES string of the molecule is FC(F)(F)Oc1ccc(-c2cc(Cl)ncn2)cc1.[C-]#[N+]c1cc(-c2ccc(OC(F)(F)F)cc2)ncn1. The van der Waals surface area contributed by atoms with E-state index in [1.165, 1.54) is 73.3 Å². The van der Waals surface area contributed by atoms with Crippen molar-refractivity contribution in [3.63, 3.8) is 0 Å². The van der Waals surface area contributed by atoms with Crippen molar-refractivity contribution in [2.45, 2.75) is 12.7 Å². The molecule has 2 aromatic heterocycles. The van der Waals surface area contributed by atoms with Crippen molar-refractivity contribution in [3.8, 4) is 34.0 Å².